The first-order valence-electron chi connectivity index (χ1n) is 6.72. The van der Waals surface area contributed by atoms with Crippen molar-refractivity contribution < 1.29 is 9.32 Å². The average Bonchev–Trinajstić information content (AvgIpc) is 2.38. The van der Waals surface area contributed by atoms with E-state index >= 15 is 0 Å². The van der Waals surface area contributed by atoms with E-state index in [0.717, 1.165) is 16.9 Å². The second-order valence-corrected chi connectivity index (χ2v) is 6.75. The molecule has 2 N–H and O–H groups in total. The van der Waals surface area contributed by atoms with Crippen LogP contribution in [0.25, 0.3) is 0 Å². The van der Waals surface area contributed by atoms with Crippen molar-refractivity contribution in [2.75, 3.05) is 12.8 Å². The Bertz CT molecular complexity index is 415. The van der Waals surface area contributed by atoms with Gasteiger partial charge in [-0.25, -0.2) is 0 Å². The molecule has 0 fully saturated rings. The zero-order chi connectivity index (χ0) is 14.5. The molecule has 1 aromatic carbocycles. The maximum atomic E-state index is 11.3. The van der Waals surface area contributed by atoms with Crippen molar-refractivity contribution in [2.45, 2.75) is 44.2 Å². The quantitative estimate of drug-likeness (QED) is 0.807. The molecule has 0 aliphatic carbocycles. The van der Waals surface area contributed by atoms with Crippen molar-refractivity contribution in [1.29, 1.82) is 0 Å². The first kappa shape index (κ1) is 16.3. The monoisotopic (exact) mass is 283 g/mol. The zero-order valence-corrected chi connectivity index (χ0v) is 13.1. The molecule has 0 heterocycles. The topological polar surface area (TPSA) is 49.3 Å². The first-order chi connectivity index (χ1) is 8.86. The summed E-state index contributed by atoms with van der Waals surface area (Å²) in [6.45, 7) is 7.31. The van der Waals surface area contributed by atoms with Gasteiger partial charge in [0.15, 0.2) is 0 Å². The van der Waals surface area contributed by atoms with Gasteiger partial charge < -0.3 is 10.4 Å². The molecule has 1 aromatic rings. The maximum Gasteiger partial charge on any atom is 0.0768 e. The molecule has 4 heteroatoms. The zero-order valence-electron chi connectivity index (χ0n) is 12.3. The summed E-state index contributed by atoms with van der Waals surface area (Å²) in [6.07, 6.45) is 2.64. The third kappa shape index (κ3) is 5.05. The highest BCUT2D eigenvalue weighted by Crippen LogP contribution is 2.19. The highest BCUT2D eigenvalue weighted by molar-refractivity contribution is 7.84. The summed E-state index contributed by atoms with van der Waals surface area (Å²) in [7, 11) is -0.925. The fraction of sp³-hybridized carbons (Fsp3) is 0.600. The Hall–Kier alpha value is -0.710. The molecule has 3 atom stereocenters. The molecule has 0 spiro atoms. The Morgan fingerprint density at radius 3 is 2.42 bits per heavy atom. The first-order valence-corrected chi connectivity index (χ1v) is 8.28. The van der Waals surface area contributed by atoms with E-state index in [-0.39, 0.29) is 5.92 Å². The van der Waals surface area contributed by atoms with Gasteiger partial charge in [0, 0.05) is 35.0 Å². The normalized spacial score (nSPS) is 17.7. The molecule has 0 amide bonds. The van der Waals surface area contributed by atoms with Crippen LogP contribution in [0, 0.1) is 5.92 Å². The predicted octanol–water partition coefficient (Wildman–Crippen LogP) is 2.31. The van der Waals surface area contributed by atoms with Crippen LogP contribution >= 0.6 is 0 Å². The van der Waals surface area contributed by atoms with E-state index in [0.29, 0.717) is 13.1 Å². The van der Waals surface area contributed by atoms with E-state index in [4.69, 9.17) is 0 Å². The fourth-order valence-corrected chi connectivity index (χ4v) is 2.39. The Morgan fingerprint density at radius 2 is 1.95 bits per heavy atom. The standard InChI is InChI=1S/C15H25NO2S/c1-5-12(2)15(3,17)11-16-10-13-6-8-14(9-7-13)19(4)18/h6-9,12,16-17H,5,10-11H2,1-4H3. The van der Waals surface area contributed by atoms with Gasteiger partial charge in [-0.1, -0.05) is 32.4 Å². The molecular weight excluding hydrogens is 258 g/mol. The number of hydrogen-bond acceptors (Lipinski definition) is 3. The van der Waals surface area contributed by atoms with E-state index in [9.17, 15) is 9.32 Å². The highest BCUT2D eigenvalue weighted by Gasteiger charge is 2.26. The molecule has 1 rings (SSSR count). The maximum absolute atomic E-state index is 11.3. The molecule has 0 bridgehead atoms. The van der Waals surface area contributed by atoms with Gasteiger partial charge in [-0.15, -0.1) is 0 Å². The average molecular weight is 283 g/mol. The van der Waals surface area contributed by atoms with Crippen molar-refractivity contribution in [1.82, 2.24) is 5.32 Å². The van der Waals surface area contributed by atoms with Crippen LogP contribution in [-0.2, 0) is 17.3 Å². The molecule has 0 aromatic heterocycles. The minimum Gasteiger partial charge on any atom is -0.389 e. The van der Waals surface area contributed by atoms with Crippen LogP contribution in [0.4, 0.5) is 0 Å². The molecule has 0 aliphatic heterocycles. The Labute approximate surface area is 118 Å². The van der Waals surface area contributed by atoms with Crippen molar-refractivity contribution >= 4 is 10.8 Å². The van der Waals surface area contributed by atoms with Crippen molar-refractivity contribution in [3.05, 3.63) is 29.8 Å². The molecule has 3 nitrogen and oxygen atoms in total. The molecular formula is C15H25NO2S. The lowest BCUT2D eigenvalue weighted by molar-refractivity contribution is 0.00535. The van der Waals surface area contributed by atoms with Gasteiger partial charge in [0.25, 0.3) is 0 Å². The lowest BCUT2D eigenvalue weighted by Crippen LogP contribution is -2.42. The van der Waals surface area contributed by atoms with Gasteiger partial charge in [-0.2, -0.15) is 0 Å². The Kier molecular flexibility index (Phi) is 6.17. The van der Waals surface area contributed by atoms with Crippen molar-refractivity contribution in [3.8, 4) is 0 Å². The van der Waals surface area contributed by atoms with Crippen molar-refractivity contribution in [3.63, 3.8) is 0 Å². The Morgan fingerprint density at radius 1 is 1.37 bits per heavy atom. The second-order valence-electron chi connectivity index (χ2n) is 5.37. The Balaban J connectivity index is 2.47. The third-order valence-electron chi connectivity index (χ3n) is 3.74. The third-order valence-corrected chi connectivity index (χ3v) is 4.68. The fourth-order valence-electron chi connectivity index (χ4n) is 1.87. The highest BCUT2D eigenvalue weighted by atomic mass is 32.2. The van der Waals surface area contributed by atoms with E-state index in [1.165, 1.54) is 0 Å². The lowest BCUT2D eigenvalue weighted by Gasteiger charge is -2.30. The number of aliphatic hydroxyl groups is 1. The summed E-state index contributed by atoms with van der Waals surface area (Å²) in [5, 5.41) is 13.6. The molecule has 19 heavy (non-hydrogen) atoms. The van der Waals surface area contributed by atoms with Crippen LogP contribution in [0.1, 0.15) is 32.8 Å². The van der Waals surface area contributed by atoms with Gasteiger partial charge in [0.05, 0.1) is 5.60 Å². The summed E-state index contributed by atoms with van der Waals surface area (Å²) < 4.78 is 11.3. The number of nitrogens with one attached hydrogen (secondary N) is 1. The van der Waals surface area contributed by atoms with E-state index in [1.807, 2.05) is 31.2 Å². The van der Waals surface area contributed by atoms with Gasteiger partial charge in [-0.05, 0) is 30.5 Å². The van der Waals surface area contributed by atoms with Crippen LogP contribution in [0.3, 0.4) is 0 Å². The van der Waals surface area contributed by atoms with Gasteiger partial charge in [-0.3, -0.25) is 4.21 Å². The molecule has 0 saturated carbocycles. The summed E-state index contributed by atoms with van der Waals surface area (Å²) >= 11 is 0. The van der Waals surface area contributed by atoms with E-state index in [1.54, 1.807) is 6.26 Å². The smallest absolute Gasteiger partial charge is 0.0768 e. The SMILES string of the molecule is CCC(C)C(C)(O)CNCc1ccc(S(C)=O)cc1. The minimum absolute atomic E-state index is 0.268. The molecule has 0 radical (unpaired) electrons. The lowest BCUT2D eigenvalue weighted by atomic mass is 9.88. The van der Waals surface area contributed by atoms with Crippen LogP contribution in [0.2, 0.25) is 0 Å². The minimum atomic E-state index is -0.925. The van der Waals surface area contributed by atoms with Crippen molar-refractivity contribution in [2.24, 2.45) is 5.92 Å². The second kappa shape index (κ2) is 7.17. The van der Waals surface area contributed by atoms with Crippen LogP contribution in [-0.4, -0.2) is 27.7 Å². The summed E-state index contributed by atoms with van der Waals surface area (Å²) in [5.74, 6) is 0.268. The summed E-state index contributed by atoms with van der Waals surface area (Å²) in [6, 6.07) is 7.73. The number of hydrogen-bond donors (Lipinski definition) is 2. The largest absolute Gasteiger partial charge is 0.389 e. The molecule has 3 unspecified atom stereocenters. The van der Waals surface area contributed by atoms with Crippen LogP contribution in [0.5, 0.6) is 0 Å². The molecule has 0 aliphatic rings. The molecule has 0 saturated heterocycles. The predicted molar refractivity (Wildman–Crippen MR) is 80.6 cm³/mol. The molecule has 108 valence electrons. The number of rotatable bonds is 7. The van der Waals surface area contributed by atoms with E-state index in [2.05, 4.69) is 19.2 Å². The number of benzene rings is 1. The summed E-state index contributed by atoms with van der Waals surface area (Å²) in [5.41, 5.74) is 0.453. The van der Waals surface area contributed by atoms with Gasteiger partial charge in [0.1, 0.15) is 0 Å². The van der Waals surface area contributed by atoms with Gasteiger partial charge in [0.2, 0.25) is 0 Å². The van der Waals surface area contributed by atoms with Crippen LogP contribution < -0.4 is 5.32 Å². The van der Waals surface area contributed by atoms with Crippen LogP contribution in [0.15, 0.2) is 29.2 Å². The van der Waals surface area contributed by atoms with E-state index < -0.39 is 16.4 Å². The summed E-state index contributed by atoms with van der Waals surface area (Å²) in [4.78, 5) is 0.843. The van der Waals surface area contributed by atoms with Gasteiger partial charge >= 0.3 is 0 Å².